The Balaban J connectivity index is 1.87. The number of nitrogens with zero attached hydrogens (tertiary/aromatic N) is 4. The summed E-state index contributed by atoms with van der Waals surface area (Å²) in [7, 11) is 0. The fraction of sp³-hybridized carbons (Fsp3) is 0.706. The number of anilines is 1. The van der Waals surface area contributed by atoms with E-state index in [0.717, 1.165) is 19.3 Å². The van der Waals surface area contributed by atoms with E-state index in [0.29, 0.717) is 24.2 Å². The van der Waals surface area contributed by atoms with Gasteiger partial charge in [0.1, 0.15) is 0 Å². The van der Waals surface area contributed by atoms with Crippen LogP contribution < -0.4 is 10.5 Å². The van der Waals surface area contributed by atoms with Crippen molar-refractivity contribution >= 4 is 11.5 Å². The van der Waals surface area contributed by atoms with E-state index < -0.39 is 11.8 Å². The Hall–Kier alpha value is -1.99. The van der Waals surface area contributed by atoms with E-state index in [1.807, 2.05) is 6.92 Å². The molecule has 25 heavy (non-hydrogen) atoms. The zero-order valence-corrected chi connectivity index (χ0v) is 14.7. The fourth-order valence-corrected chi connectivity index (χ4v) is 3.43. The Bertz CT molecular complexity index is 733. The smallest absolute Gasteiger partial charge is 0.336 e. The Morgan fingerprint density at radius 3 is 2.96 bits per heavy atom. The highest BCUT2D eigenvalue weighted by atomic mass is 19.3. The highest BCUT2D eigenvalue weighted by Gasteiger charge is 2.41. The van der Waals surface area contributed by atoms with Gasteiger partial charge in [-0.2, -0.15) is 4.98 Å². The maximum Gasteiger partial charge on any atom is 0.336 e. The van der Waals surface area contributed by atoms with Gasteiger partial charge in [-0.3, -0.25) is 0 Å². The standard InChI is InChI=1S/C17H25F2N5O/c1-3-6-11(2)25-16-22-14(20)15-21-10-13(24(15)23-16)9-12-7-4-5-8-17(12,18)19/h10-12H,3-9H2,1-2H3,(H2,20,22,23)/t11-,12?/m0/s1. The van der Waals surface area contributed by atoms with Crippen molar-refractivity contribution in [2.45, 2.75) is 70.8 Å². The van der Waals surface area contributed by atoms with E-state index in [2.05, 4.69) is 22.0 Å². The molecule has 0 radical (unpaired) electrons. The predicted molar refractivity (Wildman–Crippen MR) is 90.8 cm³/mol. The lowest BCUT2D eigenvalue weighted by Crippen LogP contribution is -2.33. The van der Waals surface area contributed by atoms with Crippen molar-refractivity contribution in [1.29, 1.82) is 0 Å². The van der Waals surface area contributed by atoms with Crippen LogP contribution in [0, 0.1) is 5.92 Å². The summed E-state index contributed by atoms with van der Waals surface area (Å²) in [5, 5.41) is 4.33. The van der Waals surface area contributed by atoms with Crippen LogP contribution >= 0.6 is 0 Å². The number of ether oxygens (including phenoxy) is 1. The van der Waals surface area contributed by atoms with Gasteiger partial charge in [0.25, 0.3) is 5.92 Å². The number of nitrogens with two attached hydrogens (primary N) is 1. The fourth-order valence-electron chi connectivity index (χ4n) is 3.43. The predicted octanol–water partition coefficient (Wildman–Crippen LogP) is 3.64. The van der Waals surface area contributed by atoms with Gasteiger partial charge < -0.3 is 10.5 Å². The van der Waals surface area contributed by atoms with E-state index in [9.17, 15) is 8.78 Å². The molecule has 0 aromatic carbocycles. The highest BCUT2D eigenvalue weighted by Crippen LogP contribution is 2.40. The first-order chi connectivity index (χ1) is 11.9. The number of imidazole rings is 1. The van der Waals surface area contributed by atoms with Crippen molar-refractivity contribution in [3.8, 4) is 6.01 Å². The Kier molecular flexibility index (Phi) is 5.06. The molecule has 2 heterocycles. The van der Waals surface area contributed by atoms with Crippen molar-refractivity contribution in [3.05, 3.63) is 11.9 Å². The van der Waals surface area contributed by atoms with Crippen LogP contribution in [0.3, 0.4) is 0 Å². The maximum atomic E-state index is 14.2. The molecule has 1 aliphatic carbocycles. The van der Waals surface area contributed by atoms with E-state index in [-0.39, 0.29) is 30.8 Å². The molecular weight excluding hydrogens is 328 g/mol. The molecule has 1 unspecified atom stereocenters. The molecule has 138 valence electrons. The van der Waals surface area contributed by atoms with Crippen LogP contribution in [0.25, 0.3) is 5.65 Å². The third-order valence-electron chi connectivity index (χ3n) is 4.81. The first-order valence-electron chi connectivity index (χ1n) is 8.95. The van der Waals surface area contributed by atoms with Crippen molar-refractivity contribution in [2.24, 2.45) is 5.92 Å². The molecule has 1 aliphatic rings. The zero-order valence-electron chi connectivity index (χ0n) is 14.7. The SMILES string of the molecule is CCC[C@H](C)Oc1nc(N)c2ncc(CC3CCCCC3(F)F)n2n1. The minimum absolute atomic E-state index is 0.0449. The largest absolute Gasteiger partial charge is 0.459 e. The van der Waals surface area contributed by atoms with Gasteiger partial charge in [-0.1, -0.05) is 19.8 Å². The monoisotopic (exact) mass is 353 g/mol. The molecule has 0 saturated heterocycles. The molecular formula is C17H25F2N5O. The molecule has 0 amide bonds. The summed E-state index contributed by atoms with van der Waals surface area (Å²) in [4.78, 5) is 8.33. The van der Waals surface area contributed by atoms with E-state index in [1.54, 1.807) is 6.20 Å². The van der Waals surface area contributed by atoms with Crippen molar-refractivity contribution < 1.29 is 13.5 Å². The van der Waals surface area contributed by atoms with Gasteiger partial charge in [-0.15, -0.1) is 5.10 Å². The second kappa shape index (κ2) is 7.09. The molecule has 6 nitrogen and oxygen atoms in total. The van der Waals surface area contributed by atoms with Gasteiger partial charge in [0, 0.05) is 12.3 Å². The van der Waals surface area contributed by atoms with Crippen LogP contribution in [-0.4, -0.2) is 31.6 Å². The van der Waals surface area contributed by atoms with Crippen LogP contribution in [-0.2, 0) is 6.42 Å². The number of hydrogen-bond donors (Lipinski definition) is 1. The summed E-state index contributed by atoms with van der Waals surface area (Å²) < 4.78 is 35.5. The molecule has 2 atom stereocenters. The average molecular weight is 353 g/mol. The molecule has 1 saturated carbocycles. The van der Waals surface area contributed by atoms with Gasteiger partial charge in [-0.25, -0.2) is 18.3 Å². The lowest BCUT2D eigenvalue weighted by atomic mass is 9.83. The third-order valence-corrected chi connectivity index (χ3v) is 4.81. The Labute approximate surface area is 145 Å². The first-order valence-corrected chi connectivity index (χ1v) is 8.95. The summed E-state index contributed by atoms with van der Waals surface area (Å²) in [6, 6.07) is 0.153. The molecule has 2 N–H and O–H groups in total. The van der Waals surface area contributed by atoms with Crippen LogP contribution in [0.1, 0.15) is 58.1 Å². The van der Waals surface area contributed by atoms with Crippen LogP contribution in [0.5, 0.6) is 6.01 Å². The summed E-state index contributed by atoms with van der Waals surface area (Å²) in [6.45, 7) is 4.00. The molecule has 2 aromatic rings. The second-order valence-electron chi connectivity index (χ2n) is 6.89. The normalized spacial score (nSPS) is 21.4. The summed E-state index contributed by atoms with van der Waals surface area (Å²) in [5.74, 6) is -3.15. The van der Waals surface area contributed by atoms with Crippen molar-refractivity contribution in [3.63, 3.8) is 0 Å². The quantitative estimate of drug-likeness (QED) is 0.858. The Morgan fingerprint density at radius 1 is 1.44 bits per heavy atom. The third kappa shape index (κ3) is 3.82. The molecule has 1 fully saturated rings. The molecule has 2 aromatic heterocycles. The highest BCUT2D eigenvalue weighted by molar-refractivity contribution is 5.59. The van der Waals surface area contributed by atoms with Crippen molar-refractivity contribution in [2.75, 3.05) is 5.73 Å². The molecule has 8 heteroatoms. The number of hydrogen-bond acceptors (Lipinski definition) is 5. The minimum Gasteiger partial charge on any atom is -0.459 e. The molecule has 3 rings (SSSR count). The summed E-state index contributed by atoms with van der Waals surface area (Å²) >= 11 is 0. The average Bonchev–Trinajstić information content (AvgIpc) is 2.93. The van der Waals surface area contributed by atoms with Gasteiger partial charge in [-0.05, 0) is 32.6 Å². The second-order valence-corrected chi connectivity index (χ2v) is 6.89. The zero-order chi connectivity index (χ0) is 18.0. The topological polar surface area (TPSA) is 78.3 Å². The summed E-state index contributed by atoms with van der Waals surface area (Å²) in [6.07, 6.45) is 5.45. The number of fused-ring (bicyclic) bond motifs is 1. The lowest BCUT2D eigenvalue weighted by molar-refractivity contribution is -0.0855. The van der Waals surface area contributed by atoms with E-state index >= 15 is 0 Å². The number of rotatable bonds is 6. The van der Waals surface area contributed by atoms with Crippen LogP contribution in [0.15, 0.2) is 6.20 Å². The Morgan fingerprint density at radius 2 is 2.24 bits per heavy atom. The first kappa shape index (κ1) is 17.8. The van der Waals surface area contributed by atoms with Crippen LogP contribution in [0.2, 0.25) is 0 Å². The van der Waals surface area contributed by atoms with Crippen LogP contribution in [0.4, 0.5) is 14.6 Å². The van der Waals surface area contributed by atoms with Gasteiger partial charge >= 0.3 is 6.01 Å². The van der Waals surface area contributed by atoms with E-state index in [1.165, 1.54) is 4.52 Å². The number of halogens is 2. The summed E-state index contributed by atoms with van der Waals surface area (Å²) in [5.41, 5.74) is 6.94. The maximum absolute atomic E-state index is 14.2. The molecule has 0 spiro atoms. The van der Waals surface area contributed by atoms with Crippen molar-refractivity contribution in [1.82, 2.24) is 19.6 Å². The van der Waals surface area contributed by atoms with Gasteiger partial charge in [0.05, 0.1) is 18.0 Å². The van der Waals surface area contributed by atoms with Gasteiger partial charge in [0.2, 0.25) is 0 Å². The number of nitrogen functional groups attached to an aromatic ring is 1. The number of aromatic nitrogens is 4. The molecule has 0 bridgehead atoms. The van der Waals surface area contributed by atoms with Gasteiger partial charge in [0.15, 0.2) is 11.5 Å². The number of alkyl halides is 2. The van der Waals surface area contributed by atoms with E-state index in [4.69, 9.17) is 10.5 Å². The minimum atomic E-state index is -2.64. The lowest BCUT2D eigenvalue weighted by Gasteiger charge is -2.30. The molecule has 0 aliphatic heterocycles.